The molecule has 0 radical (unpaired) electrons. The molecule has 32 heavy (non-hydrogen) atoms. The van der Waals surface area contributed by atoms with Crippen LogP contribution in [0.15, 0.2) is 59.7 Å². The fourth-order valence-corrected chi connectivity index (χ4v) is 4.88. The van der Waals surface area contributed by atoms with Gasteiger partial charge in [0, 0.05) is 49.4 Å². The van der Waals surface area contributed by atoms with Gasteiger partial charge in [0.25, 0.3) is 0 Å². The van der Waals surface area contributed by atoms with Gasteiger partial charge >= 0.3 is 0 Å². The monoisotopic (exact) mass is 432 g/mol. The maximum Gasteiger partial charge on any atom is 0.138 e. The normalized spacial score (nSPS) is 22.1. The van der Waals surface area contributed by atoms with Gasteiger partial charge in [0.05, 0.1) is 13.2 Å². The Morgan fingerprint density at radius 2 is 1.91 bits per heavy atom. The number of hydrogen-bond acceptors (Lipinski definition) is 4. The summed E-state index contributed by atoms with van der Waals surface area (Å²) in [4.78, 5) is 19.5. The van der Waals surface area contributed by atoms with Gasteiger partial charge in [0.2, 0.25) is 0 Å². The Morgan fingerprint density at radius 3 is 2.69 bits per heavy atom. The van der Waals surface area contributed by atoms with Gasteiger partial charge in [0.15, 0.2) is 0 Å². The first-order valence-corrected chi connectivity index (χ1v) is 11.6. The highest BCUT2D eigenvalue weighted by atomic mass is 19.1. The van der Waals surface area contributed by atoms with E-state index in [9.17, 15) is 9.18 Å². The molecule has 1 aliphatic carbocycles. The van der Waals surface area contributed by atoms with Crippen LogP contribution in [0.2, 0.25) is 0 Å². The summed E-state index contributed by atoms with van der Waals surface area (Å²) >= 11 is 0. The Labute approximate surface area is 188 Å². The number of benzene rings is 2. The second-order valence-electron chi connectivity index (χ2n) is 9.00. The summed E-state index contributed by atoms with van der Waals surface area (Å²) in [7, 11) is 0. The third-order valence-corrected chi connectivity index (χ3v) is 6.75. The first-order chi connectivity index (χ1) is 15.7. The molecule has 1 saturated carbocycles. The molecule has 2 aromatic carbocycles. The zero-order valence-corrected chi connectivity index (χ0v) is 18.3. The quantitative estimate of drug-likeness (QED) is 0.584. The van der Waals surface area contributed by atoms with Crippen LogP contribution < -0.4 is 4.90 Å². The molecule has 1 saturated heterocycles. The third kappa shape index (κ3) is 4.83. The molecule has 5 rings (SSSR count). The summed E-state index contributed by atoms with van der Waals surface area (Å²) in [5.41, 5.74) is 5.76. The lowest BCUT2D eigenvalue weighted by molar-refractivity contribution is -0.118. The fraction of sp³-hybridized carbons (Fsp3) is 0.407. The molecule has 4 nitrogen and oxygen atoms in total. The van der Waals surface area contributed by atoms with Gasteiger partial charge in [-0.25, -0.2) is 4.39 Å². The molecule has 2 fully saturated rings. The molecule has 2 atom stereocenters. The number of carbonyl (C=O) groups is 1. The number of morpholine rings is 1. The smallest absolute Gasteiger partial charge is 0.138 e. The summed E-state index contributed by atoms with van der Waals surface area (Å²) in [5, 5.41) is 0. The van der Waals surface area contributed by atoms with Crippen molar-refractivity contribution in [3.63, 3.8) is 0 Å². The number of halogens is 1. The number of nitrogens with zero attached hydrogens (tertiary/aromatic N) is 2. The van der Waals surface area contributed by atoms with Gasteiger partial charge in [-0.1, -0.05) is 24.3 Å². The number of aliphatic imine (C=N–C) groups is 1. The van der Waals surface area contributed by atoms with E-state index < -0.39 is 0 Å². The van der Waals surface area contributed by atoms with E-state index in [1.165, 1.54) is 22.9 Å². The minimum absolute atomic E-state index is 0.219. The lowest BCUT2D eigenvalue weighted by Gasteiger charge is -2.29. The van der Waals surface area contributed by atoms with Crippen molar-refractivity contribution in [2.24, 2.45) is 16.8 Å². The summed E-state index contributed by atoms with van der Waals surface area (Å²) in [5.74, 6) is 0.930. The minimum Gasteiger partial charge on any atom is -0.378 e. The number of Topliss-reactive ketones (excluding diaryl/α,β-unsaturated/α-hetero) is 1. The van der Waals surface area contributed by atoms with Gasteiger partial charge in [0.1, 0.15) is 11.6 Å². The number of aryl methyl sites for hydroxylation is 1. The van der Waals surface area contributed by atoms with Crippen LogP contribution in [0.25, 0.3) is 5.57 Å². The van der Waals surface area contributed by atoms with Crippen LogP contribution in [0, 0.1) is 17.7 Å². The lowest BCUT2D eigenvalue weighted by Crippen LogP contribution is -2.36. The molecule has 2 unspecified atom stereocenters. The Balaban J connectivity index is 1.16. The van der Waals surface area contributed by atoms with Crippen molar-refractivity contribution in [3.8, 4) is 0 Å². The van der Waals surface area contributed by atoms with E-state index in [0.717, 1.165) is 56.8 Å². The van der Waals surface area contributed by atoms with Crippen LogP contribution in [0.4, 0.5) is 10.1 Å². The molecule has 0 aromatic heterocycles. The van der Waals surface area contributed by atoms with Crippen LogP contribution in [-0.2, 0) is 16.0 Å². The van der Waals surface area contributed by atoms with Crippen molar-refractivity contribution >= 4 is 22.8 Å². The van der Waals surface area contributed by atoms with Crippen molar-refractivity contribution in [3.05, 3.63) is 71.7 Å². The predicted octanol–water partition coefficient (Wildman–Crippen LogP) is 5.08. The standard InChI is InChI=1S/C27H29FN2O2/c28-21-5-1-3-19(15-21)4-2-6-23(31)16-27-25-17-24(25)26(18-29-27)20-7-9-22(10-8-20)30-11-13-32-14-12-30/h1,3,5,7-10,15,18,24-25H,2,4,6,11-14,16-17H2. The van der Waals surface area contributed by atoms with E-state index >= 15 is 0 Å². The molecular weight excluding hydrogens is 403 g/mol. The topological polar surface area (TPSA) is 41.9 Å². The van der Waals surface area contributed by atoms with E-state index in [1.54, 1.807) is 12.1 Å². The van der Waals surface area contributed by atoms with Gasteiger partial charge in [-0.15, -0.1) is 0 Å². The average Bonchev–Trinajstić information content (AvgIpc) is 3.62. The molecule has 2 aliphatic heterocycles. The van der Waals surface area contributed by atoms with Crippen LogP contribution >= 0.6 is 0 Å². The van der Waals surface area contributed by atoms with Crippen LogP contribution in [0.1, 0.15) is 36.8 Å². The summed E-state index contributed by atoms with van der Waals surface area (Å²) in [6, 6.07) is 15.4. The molecule has 166 valence electrons. The molecule has 2 heterocycles. The lowest BCUT2D eigenvalue weighted by atomic mass is 9.95. The van der Waals surface area contributed by atoms with Gasteiger partial charge in [-0.3, -0.25) is 9.79 Å². The zero-order chi connectivity index (χ0) is 21.9. The van der Waals surface area contributed by atoms with E-state index in [2.05, 4.69) is 29.2 Å². The first-order valence-electron chi connectivity index (χ1n) is 11.6. The highest BCUT2D eigenvalue weighted by molar-refractivity contribution is 6.06. The molecule has 0 bridgehead atoms. The largest absolute Gasteiger partial charge is 0.378 e. The predicted molar refractivity (Wildman–Crippen MR) is 125 cm³/mol. The van der Waals surface area contributed by atoms with E-state index in [1.807, 2.05) is 12.3 Å². The third-order valence-electron chi connectivity index (χ3n) is 6.75. The summed E-state index contributed by atoms with van der Waals surface area (Å²) < 4.78 is 18.7. The number of rotatable bonds is 8. The second-order valence-corrected chi connectivity index (χ2v) is 9.00. The molecule has 5 heteroatoms. The van der Waals surface area contributed by atoms with E-state index in [4.69, 9.17) is 9.73 Å². The second kappa shape index (κ2) is 9.37. The van der Waals surface area contributed by atoms with E-state index in [0.29, 0.717) is 24.7 Å². The number of ketones is 1. The van der Waals surface area contributed by atoms with Crippen LogP contribution in [-0.4, -0.2) is 37.8 Å². The molecule has 0 N–H and O–H groups in total. The number of ether oxygens (including phenoxy) is 1. The average molecular weight is 433 g/mol. The fourth-order valence-electron chi connectivity index (χ4n) is 4.88. The Hall–Kier alpha value is -2.79. The SMILES string of the molecule is O=C(CCCc1cccc(F)c1)CC1=NC=C(c2ccc(N3CCOCC3)cc2)C2CC12. The van der Waals surface area contributed by atoms with Crippen molar-refractivity contribution in [1.29, 1.82) is 0 Å². The Bertz CT molecular complexity index is 1040. The van der Waals surface area contributed by atoms with Crippen LogP contribution in [0.3, 0.4) is 0 Å². The number of anilines is 1. The number of hydrogen-bond donors (Lipinski definition) is 0. The maximum atomic E-state index is 13.3. The van der Waals surface area contributed by atoms with Crippen molar-refractivity contribution in [2.75, 3.05) is 31.2 Å². The highest BCUT2D eigenvalue weighted by Gasteiger charge is 2.45. The molecule has 2 aromatic rings. The first kappa shape index (κ1) is 21.1. The van der Waals surface area contributed by atoms with Gasteiger partial charge in [-0.2, -0.15) is 0 Å². The van der Waals surface area contributed by atoms with Gasteiger partial charge in [-0.05, 0) is 66.1 Å². The molecular formula is C27H29FN2O2. The summed E-state index contributed by atoms with van der Waals surface area (Å²) in [6.45, 7) is 3.46. The van der Waals surface area contributed by atoms with Crippen molar-refractivity contribution in [1.82, 2.24) is 0 Å². The summed E-state index contributed by atoms with van der Waals surface area (Å²) in [6.07, 6.45) is 5.52. The Morgan fingerprint density at radius 1 is 1.09 bits per heavy atom. The minimum atomic E-state index is -0.219. The number of fused-ring (bicyclic) bond motifs is 1. The van der Waals surface area contributed by atoms with Crippen molar-refractivity contribution < 1.29 is 13.9 Å². The maximum absolute atomic E-state index is 13.3. The molecule has 0 amide bonds. The van der Waals surface area contributed by atoms with E-state index in [-0.39, 0.29) is 11.6 Å². The molecule has 0 spiro atoms. The van der Waals surface area contributed by atoms with Gasteiger partial charge < -0.3 is 9.64 Å². The van der Waals surface area contributed by atoms with Crippen molar-refractivity contribution in [2.45, 2.75) is 32.1 Å². The number of allylic oxidation sites excluding steroid dienone is 1. The molecule has 3 aliphatic rings. The van der Waals surface area contributed by atoms with Crippen LogP contribution in [0.5, 0.6) is 0 Å². The number of carbonyl (C=O) groups excluding carboxylic acids is 1. The Kier molecular flexibility index (Phi) is 6.17. The zero-order valence-electron chi connectivity index (χ0n) is 18.3. The highest BCUT2D eigenvalue weighted by Crippen LogP contribution is 2.51.